The first-order valence-corrected chi connectivity index (χ1v) is 8.47. The lowest BCUT2D eigenvalue weighted by Crippen LogP contribution is -2.50. The van der Waals surface area contributed by atoms with E-state index in [-0.39, 0.29) is 18.9 Å². The molecule has 1 N–H and O–H groups in total. The van der Waals surface area contributed by atoms with Crippen molar-refractivity contribution in [1.82, 2.24) is 5.32 Å². The van der Waals surface area contributed by atoms with Gasteiger partial charge in [-0.2, -0.15) is 5.26 Å². The Kier molecular flexibility index (Phi) is 6.36. The van der Waals surface area contributed by atoms with Crippen LogP contribution in [0.2, 0.25) is 0 Å². The van der Waals surface area contributed by atoms with E-state index in [0.717, 1.165) is 24.8 Å². The average molecular weight is 328 g/mol. The maximum atomic E-state index is 12.0. The molecule has 2 rings (SSSR count). The Bertz CT molecular complexity index is 601. The Hall–Kier alpha value is -2.35. The summed E-state index contributed by atoms with van der Waals surface area (Å²) in [6.07, 6.45) is 4.50. The number of carbonyl (C=O) groups excluding carboxylic acids is 2. The van der Waals surface area contributed by atoms with Gasteiger partial charge in [0.2, 0.25) is 0 Å². The third-order valence-electron chi connectivity index (χ3n) is 4.51. The van der Waals surface area contributed by atoms with Crippen molar-refractivity contribution < 1.29 is 14.3 Å². The molecule has 1 aromatic carbocycles. The van der Waals surface area contributed by atoms with Crippen LogP contribution in [0.3, 0.4) is 0 Å². The lowest BCUT2D eigenvalue weighted by atomic mass is 9.83. The molecule has 5 heteroatoms. The minimum atomic E-state index is -0.793. The van der Waals surface area contributed by atoms with Gasteiger partial charge in [0.05, 0.1) is 12.5 Å². The zero-order valence-corrected chi connectivity index (χ0v) is 14.1. The largest absolute Gasteiger partial charge is 0.456 e. The Morgan fingerprint density at radius 2 is 1.92 bits per heavy atom. The van der Waals surface area contributed by atoms with E-state index in [1.807, 2.05) is 37.3 Å². The predicted octanol–water partition coefficient (Wildman–Crippen LogP) is 3.07. The van der Waals surface area contributed by atoms with Crippen molar-refractivity contribution in [2.45, 2.75) is 56.9 Å². The quantitative estimate of drug-likeness (QED) is 0.814. The van der Waals surface area contributed by atoms with E-state index in [9.17, 15) is 14.9 Å². The number of carbonyl (C=O) groups is 2. The minimum absolute atomic E-state index is 0.0329. The summed E-state index contributed by atoms with van der Waals surface area (Å²) in [6.45, 7) is 1.62. The maximum Gasteiger partial charge on any atom is 0.306 e. The first kappa shape index (κ1) is 18.0. The van der Waals surface area contributed by atoms with Crippen LogP contribution in [0.5, 0.6) is 0 Å². The summed E-state index contributed by atoms with van der Waals surface area (Å²) >= 11 is 0. The van der Waals surface area contributed by atoms with Gasteiger partial charge >= 0.3 is 5.97 Å². The number of amides is 1. The normalized spacial score (nSPS) is 17.3. The Morgan fingerprint density at radius 3 is 2.54 bits per heavy atom. The van der Waals surface area contributed by atoms with Gasteiger partial charge in [0.25, 0.3) is 5.91 Å². The number of benzene rings is 1. The maximum absolute atomic E-state index is 12.0. The number of nitrogens with one attached hydrogen (secondary N) is 1. The van der Waals surface area contributed by atoms with E-state index < -0.39 is 17.4 Å². The van der Waals surface area contributed by atoms with Gasteiger partial charge in [0.15, 0.2) is 6.61 Å². The van der Waals surface area contributed by atoms with Crippen molar-refractivity contribution >= 4 is 11.9 Å². The van der Waals surface area contributed by atoms with E-state index in [2.05, 4.69) is 11.4 Å². The number of nitriles is 1. The highest BCUT2D eigenvalue weighted by Gasteiger charge is 2.33. The van der Waals surface area contributed by atoms with Crippen LogP contribution in [-0.4, -0.2) is 24.0 Å². The number of hydrogen-bond donors (Lipinski definition) is 1. The molecule has 0 heterocycles. The lowest BCUT2D eigenvalue weighted by Gasteiger charge is -2.31. The second-order valence-corrected chi connectivity index (χ2v) is 6.48. The molecular weight excluding hydrogens is 304 g/mol. The highest BCUT2D eigenvalue weighted by Crippen LogP contribution is 2.27. The van der Waals surface area contributed by atoms with E-state index in [1.54, 1.807) is 0 Å². The van der Waals surface area contributed by atoms with Crippen molar-refractivity contribution in [2.24, 2.45) is 0 Å². The summed E-state index contributed by atoms with van der Waals surface area (Å²) in [5.74, 6) is -0.777. The Labute approximate surface area is 143 Å². The fraction of sp³-hybridized carbons (Fsp3) is 0.526. The van der Waals surface area contributed by atoms with E-state index in [4.69, 9.17) is 4.74 Å². The van der Waals surface area contributed by atoms with Gasteiger partial charge in [0.1, 0.15) is 5.54 Å². The Morgan fingerprint density at radius 1 is 1.25 bits per heavy atom. The van der Waals surface area contributed by atoms with E-state index in [1.165, 1.54) is 0 Å². The smallest absolute Gasteiger partial charge is 0.306 e. The van der Waals surface area contributed by atoms with Crippen LogP contribution in [-0.2, 0) is 14.3 Å². The number of ether oxygens (including phenoxy) is 1. The number of nitrogens with zero attached hydrogens (tertiary/aromatic N) is 1. The second-order valence-electron chi connectivity index (χ2n) is 6.48. The second kappa shape index (κ2) is 8.49. The standard InChI is InChI=1S/C19H24N2O3/c1-15(16-8-4-2-5-9-16)12-18(23)24-13-17(22)21-19(14-20)10-6-3-7-11-19/h2,4-5,8-9,15H,3,6-7,10-13H2,1H3,(H,21,22)/t15-/m0/s1. The molecule has 1 fully saturated rings. The molecule has 0 aromatic heterocycles. The van der Waals surface area contributed by atoms with Gasteiger partial charge < -0.3 is 10.1 Å². The molecule has 1 aliphatic carbocycles. The topological polar surface area (TPSA) is 79.2 Å². The molecule has 0 unspecified atom stereocenters. The van der Waals surface area contributed by atoms with Crippen LogP contribution >= 0.6 is 0 Å². The Balaban J connectivity index is 1.77. The van der Waals surface area contributed by atoms with Gasteiger partial charge in [0, 0.05) is 0 Å². The monoisotopic (exact) mass is 328 g/mol. The SMILES string of the molecule is C[C@@H](CC(=O)OCC(=O)NC1(C#N)CCCCC1)c1ccccc1. The fourth-order valence-corrected chi connectivity index (χ4v) is 3.08. The van der Waals surface area contributed by atoms with Crippen molar-refractivity contribution in [3.8, 4) is 6.07 Å². The summed E-state index contributed by atoms with van der Waals surface area (Å²) in [7, 11) is 0. The van der Waals surface area contributed by atoms with Gasteiger partial charge in [-0.3, -0.25) is 9.59 Å². The van der Waals surface area contributed by atoms with Crippen LogP contribution in [0.15, 0.2) is 30.3 Å². The van der Waals surface area contributed by atoms with Crippen molar-refractivity contribution in [3.05, 3.63) is 35.9 Å². The summed E-state index contributed by atoms with van der Waals surface area (Å²) in [5.41, 5.74) is 0.267. The summed E-state index contributed by atoms with van der Waals surface area (Å²) in [6, 6.07) is 11.9. The van der Waals surface area contributed by atoms with Gasteiger partial charge in [-0.25, -0.2) is 0 Å². The molecule has 1 atom stereocenters. The van der Waals surface area contributed by atoms with E-state index in [0.29, 0.717) is 12.8 Å². The first-order valence-electron chi connectivity index (χ1n) is 8.47. The highest BCUT2D eigenvalue weighted by atomic mass is 16.5. The molecule has 0 radical (unpaired) electrons. The molecule has 24 heavy (non-hydrogen) atoms. The molecule has 0 spiro atoms. The molecule has 1 aromatic rings. The zero-order valence-electron chi connectivity index (χ0n) is 14.1. The van der Waals surface area contributed by atoms with Crippen LogP contribution in [0, 0.1) is 11.3 Å². The molecule has 0 bridgehead atoms. The number of hydrogen-bond acceptors (Lipinski definition) is 4. The van der Waals surface area contributed by atoms with Crippen LogP contribution < -0.4 is 5.32 Å². The van der Waals surface area contributed by atoms with Crippen LogP contribution in [0.4, 0.5) is 0 Å². The third-order valence-corrected chi connectivity index (χ3v) is 4.51. The third kappa shape index (κ3) is 5.09. The highest BCUT2D eigenvalue weighted by molar-refractivity contribution is 5.81. The summed E-state index contributed by atoms with van der Waals surface area (Å²) in [5, 5.41) is 12.1. The van der Waals surface area contributed by atoms with Gasteiger partial charge in [-0.15, -0.1) is 0 Å². The van der Waals surface area contributed by atoms with Gasteiger partial charge in [-0.1, -0.05) is 56.5 Å². The summed E-state index contributed by atoms with van der Waals surface area (Å²) in [4.78, 5) is 23.9. The summed E-state index contributed by atoms with van der Waals surface area (Å²) < 4.78 is 5.07. The number of rotatable bonds is 6. The molecule has 1 saturated carbocycles. The molecule has 5 nitrogen and oxygen atoms in total. The zero-order chi connectivity index (χ0) is 17.4. The van der Waals surface area contributed by atoms with Gasteiger partial charge in [-0.05, 0) is 24.3 Å². The molecule has 1 amide bonds. The van der Waals surface area contributed by atoms with Crippen LogP contribution in [0.1, 0.15) is 56.9 Å². The van der Waals surface area contributed by atoms with Crippen molar-refractivity contribution in [1.29, 1.82) is 5.26 Å². The number of esters is 1. The van der Waals surface area contributed by atoms with E-state index >= 15 is 0 Å². The lowest BCUT2D eigenvalue weighted by molar-refractivity contribution is -0.149. The molecule has 128 valence electrons. The fourth-order valence-electron chi connectivity index (χ4n) is 3.08. The molecule has 1 aliphatic rings. The molecule has 0 saturated heterocycles. The molecule has 0 aliphatic heterocycles. The van der Waals surface area contributed by atoms with Crippen LogP contribution in [0.25, 0.3) is 0 Å². The average Bonchev–Trinajstić information content (AvgIpc) is 2.61. The van der Waals surface area contributed by atoms with Crippen molar-refractivity contribution in [2.75, 3.05) is 6.61 Å². The predicted molar refractivity (Wildman–Crippen MR) is 90.0 cm³/mol. The molecular formula is C19H24N2O3. The minimum Gasteiger partial charge on any atom is -0.456 e. The van der Waals surface area contributed by atoms with Crippen molar-refractivity contribution in [3.63, 3.8) is 0 Å². The first-order chi connectivity index (χ1) is 11.5.